The molecular weight excluding hydrogens is 220 g/mol. The quantitative estimate of drug-likeness (QED) is 0.735. The lowest BCUT2D eigenvalue weighted by atomic mass is 10.1. The first-order valence-electron chi connectivity index (χ1n) is 5.74. The lowest BCUT2D eigenvalue weighted by molar-refractivity contribution is 0.0545. The number of amides is 1. The van der Waals surface area contributed by atoms with E-state index in [9.17, 15) is 14.7 Å². The van der Waals surface area contributed by atoms with E-state index >= 15 is 0 Å². The van der Waals surface area contributed by atoms with Crippen LogP contribution in [0.5, 0.6) is 0 Å². The van der Waals surface area contributed by atoms with Crippen LogP contribution in [0.25, 0.3) is 0 Å². The predicted octanol–water partition coefficient (Wildman–Crippen LogP) is 0.280. The maximum atomic E-state index is 12.1. The molecule has 1 saturated heterocycles. The van der Waals surface area contributed by atoms with Crippen molar-refractivity contribution in [2.45, 2.75) is 25.9 Å². The Morgan fingerprint density at radius 3 is 2.71 bits per heavy atom. The Kier molecular flexibility index (Phi) is 3.28. The fourth-order valence-corrected chi connectivity index (χ4v) is 1.98. The molecule has 5 nitrogen and oxygen atoms in total. The number of carbonyl (C=O) groups is 1. The van der Waals surface area contributed by atoms with E-state index in [2.05, 4.69) is 4.98 Å². The van der Waals surface area contributed by atoms with E-state index in [0.29, 0.717) is 25.9 Å². The molecule has 0 aromatic carbocycles. The summed E-state index contributed by atoms with van der Waals surface area (Å²) in [4.78, 5) is 28.2. The van der Waals surface area contributed by atoms with Gasteiger partial charge in [-0.3, -0.25) is 9.59 Å². The molecule has 0 saturated carbocycles. The first-order chi connectivity index (χ1) is 8.08. The molecule has 92 valence electrons. The number of piperidine rings is 1. The molecule has 0 radical (unpaired) electrons. The number of aliphatic hydroxyl groups is 1. The molecule has 0 atom stereocenters. The molecule has 2 heterocycles. The molecule has 2 rings (SSSR count). The van der Waals surface area contributed by atoms with Crippen LogP contribution in [0.3, 0.4) is 0 Å². The van der Waals surface area contributed by atoms with Crippen molar-refractivity contribution >= 4 is 5.91 Å². The van der Waals surface area contributed by atoms with E-state index in [1.807, 2.05) is 0 Å². The number of aryl methyl sites for hydroxylation is 1. The zero-order valence-electron chi connectivity index (χ0n) is 9.77. The van der Waals surface area contributed by atoms with Gasteiger partial charge in [0, 0.05) is 31.0 Å². The summed E-state index contributed by atoms with van der Waals surface area (Å²) in [6.07, 6.45) is 2.30. The van der Waals surface area contributed by atoms with Crippen molar-refractivity contribution in [2.75, 3.05) is 13.1 Å². The predicted molar refractivity (Wildman–Crippen MR) is 62.9 cm³/mol. The van der Waals surface area contributed by atoms with Crippen molar-refractivity contribution < 1.29 is 9.90 Å². The highest BCUT2D eigenvalue weighted by Crippen LogP contribution is 2.12. The van der Waals surface area contributed by atoms with Gasteiger partial charge in [-0.2, -0.15) is 0 Å². The Labute approximate surface area is 99.1 Å². The van der Waals surface area contributed by atoms with E-state index in [-0.39, 0.29) is 23.0 Å². The van der Waals surface area contributed by atoms with Crippen LogP contribution < -0.4 is 5.43 Å². The minimum Gasteiger partial charge on any atom is -0.393 e. The van der Waals surface area contributed by atoms with Crippen LogP contribution in [0.1, 0.15) is 28.9 Å². The summed E-state index contributed by atoms with van der Waals surface area (Å²) >= 11 is 0. The van der Waals surface area contributed by atoms with E-state index in [0.717, 1.165) is 5.69 Å². The van der Waals surface area contributed by atoms with E-state index < -0.39 is 0 Å². The third kappa shape index (κ3) is 2.55. The minimum atomic E-state index is -0.324. The van der Waals surface area contributed by atoms with Crippen molar-refractivity contribution in [1.82, 2.24) is 9.88 Å². The minimum absolute atomic E-state index is 0.173. The summed E-state index contributed by atoms with van der Waals surface area (Å²) in [6.45, 7) is 2.79. The number of hydrogen-bond donors (Lipinski definition) is 2. The third-order valence-corrected chi connectivity index (χ3v) is 3.04. The summed E-state index contributed by atoms with van der Waals surface area (Å²) in [5.41, 5.74) is 0.657. The number of pyridine rings is 1. The Morgan fingerprint density at radius 1 is 1.47 bits per heavy atom. The molecular formula is C12H16N2O3. The Bertz CT molecular complexity index is 473. The van der Waals surface area contributed by atoms with Crippen molar-refractivity contribution in [3.63, 3.8) is 0 Å². The number of aliphatic hydroxyl groups excluding tert-OH is 1. The highest BCUT2D eigenvalue weighted by molar-refractivity contribution is 5.93. The molecule has 1 aromatic heterocycles. The standard InChI is InChI=1S/C12H16N2O3/c1-8-6-11(16)10(7-13-8)12(17)14-4-2-9(15)3-5-14/h6-7,9,15H,2-5H2,1H3,(H,13,16). The van der Waals surface area contributed by atoms with Crippen LogP contribution in [-0.4, -0.2) is 40.1 Å². The van der Waals surface area contributed by atoms with Crippen molar-refractivity contribution in [2.24, 2.45) is 0 Å². The lowest BCUT2D eigenvalue weighted by Gasteiger charge is -2.29. The average molecular weight is 236 g/mol. The van der Waals surface area contributed by atoms with Crippen molar-refractivity contribution in [3.05, 3.63) is 33.7 Å². The molecule has 5 heteroatoms. The van der Waals surface area contributed by atoms with Crippen LogP contribution in [-0.2, 0) is 0 Å². The number of aromatic amines is 1. The van der Waals surface area contributed by atoms with Gasteiger partial charge in [0.05, 0.1) is 6.10 Å². The maximum Gasteiger partial charge on any atom is 0.259 e. The van der Waals surface area contributed by atoms with Crippen molar-refractivity contribution in [1.29, 1.82) is 0 Å². The topological polar surface area (TPSA) is 73.4 Å². The van der Waals surface area contributed by atoms with Gasteiger partial charge in [-0.25, -0.2) is 0 Å². The second-order valence-electron chi connectivity index (χ2n) is 4.42. The average Bonchev–Trinajstić information content (AvgIpc) is 2.29. The summed E-state index contributed by atoms with van der Waals surface area (Å²) in [7, 11) is 0. The number of hydrogen-bond acceptors (Lipinski definition) is 3. The highest BCUT2D eigenvalue weighted by Gasteiger charge is 2.23. The molecule has 0 unspecified atom stereocenters. The second kappa shape index (κ2) is 4.71. The molecule has 1 fully saturated rings. The summed E-state index contributed by atoms with van der Waals surface area (Å²) in [6, 6.07) is 1.42. The van der Waals surface area contributed by atoms with Crippen LogP contribution in [0.15, 0.2) is 17.1 Å². The Hall–Kier alpha value is -1.62. The van der Waals surface area contributed by atoms with Gasteiger partial charge in [0.2, 0.25) is 0 Å². The van der Waals surface area contributed by atoms with Crippen LogP contribution in [0.2, 0.25) is 0 Å². The van der Waals surface area contributed by atoms with Crippen molar-refractivity contribution in [3.8, 4) is 0 Å². The molecule has 2 N–H and O–H groups in total. The molecule has 1 aliphatic heterocycles. The zero-order chi connectivity index (χ0) is 12.4. The van der Waals surface area contributed by atoms with E-state index in [1.54, 1.807) is 11.8 Å². The van der Waals surface area contributed by atoms with Gasteiger partial charge in [0.15, 0.2) is 5.43 Å². The summed E-state index contributed by atoms with van der Waals surface area (Å²) < 4.78 is 0. The third-order valence-electron chi connectivity index (χ3n) is 3.04. The zero-order valence-corrected chi connectivity index (χ0v) is 9.77. The highest BCUT2D eigenvalue weighted by atomic mass is 16.3. The van der Waals surface area contributed by atoms with E-state index in [4.69, 9.17) is 0 Å². The number of H-pyrrole nitrogens is 1. The molecule has 17 heavy (non-hydrogen) atoms. The van der Waals surface area contributed by atoms with Gasteiger partial charge in [0.25, 0.3) is 5.91 Å². The fraction of sp³-hybridized carbons (Fsp3) is 0.500. The lowest BCUT2D eigenvalue weighted by Crippen LogP contribution is -2.41. The maximum absolute atomic E-state index is 12.1. The van der Waals surface area contributed by atoms with Crippen LogP contribution >= 0.6 is 0 Å². The normalized spacial score (nSPS) is 17.2. The monoisotopic (exact) mass is 236 g/mol. The smallest absolute Gasteiger partial charge is 0.259 e. The first kappa shape index (κ1) is 11.9. The summed E-state index contributed by atoms with van der Waals surface area (Å²) in [5, 5.41) is 9.36. The number of carbonyl (C=O) groups excluding carboxylic acids is 1. The number of aromatic nitrogens is 1. The largest absolute Gasteiger partial charge is 0.393 e. The Morgan fingerprint density at radius 2 is 2.12 bits per heavy atom. The molecule has 1 aliphatic rings. The fourth-order valence-electron chi connectivity index (χ4n) is 1.98. The molecule has 1 amide bonds. The molecule has 1 aromatic rings. The number of nitrogens with zero attached hydrogens (tertiary/aromatic N) is 1. The van der Waals surface area contributed by atoms with Gasteiger partial charge in [-0.05, 0) is 19.8 Å². The first-order valence-corrected chi connectivity index (χ1v) is 5.74. The number of likely N-dealkylation sites (tertiary alicyclic amines) is 1. The van der Waals surface area contributed by atoms with Gasteiger partial charge in [-0.1, -0.05) is 0 Å². The van der Waals surface area contributed by atoms with E-state index in [1.165, 1.54) is 12.3 Å². The Balaban J connectivity index is 2.17. The molecule has 0 spiro atoms. The second-order valence-corrected chi connectivity index (χ2v) is 4.42. The SMILES string of the molecule is Cc1cc(=O)c(C(=O)N2CCC(O)CC2)c[nH]1. The molecule has 0 aliphatic carbocycles. The number of rotatable bonds is 1. The van der Waals surface area contributed by atoms with Gasteiger partial charge < -0.3 is 15.0 Å². The number of nitrogens with one attached hydrogen (secondary N) is 1. The summed E-state index contributed by atoms with van der Waals surface area (Å²) in [5.74, 6) is -0.252. The molecule has 0 bridgehead atoms. The van der Waals surface area contributed by atoms with Gasteiger partial charge in [-0.15, -0.1) is 0 Å². The van der Waals surface area contributed by atoms with Gasteiger partial charge >= 0.3 is 0 Å². The van der Waals surface area contributed by atoms with Crippen LogP contribution in [0.4, 0.5) is 0 Å². The van der Waals surface area contributed by atoms with Crippen LogP contribution in [0, 0.1) is 6.92 Å². The van der Waals surface area contributed by atoms with Gasteiger partial charge in [0.1, 0.15) is 5.56 Å².